The fourth-order valence-corrected chi connectivity index (χ4v) is 3.80. The van der Waals surface area contributed by atoms with E-state index in [1.807, 2.05) is 29.2 Å². The van der Waals surface area contributed by atoms with Gasteiger partial charge >= 0.3 is 0 Å². The molecule has 5 heteroatoms. The summed E-state index contributed by atoms with van der Waals surface area (Å²) in [4.78, 5) is 19.1. The van der Waals surface area contributed by atoms with E-state index in [4.69, 9.17) is 0 Å². The number of benzene rings is 1. The number of nitrogens with zero attached hydrogens (tertiary/aromatic N) is 3. The minimum Gasteiger partial charge on any atom is -0.332 e. The van der Waals surface area contributed by atoms with Crippen molar-refractivity contribution in [1.29, 1.82) is 0 Å². The zero-order chi connectivity index (χ0) is 18.1. The van der Waals surface area contributed by atoms with Gasteiger partial charge in [-0.1, -0.05) is 30.3 Å². The van der Waals surface area contributed by atoms with Crippen LogP contribution in [0.25, 0.3) is 11.3 Å². The van der Waals surface area contributed by atoms with Crippen molar-refractivity contribution in [1.82, 2.24) is 20.1 Å². The summed E-state index contributed by atoms with van der Waals surface area (Å²) in [6.07, 6.45) is 4.40. The number of hydrogen-bond acceptors (Lipinski definition) is 3. The average Bonchev–Trinajstić information content (AvgIpc) is 3.27. The highest BCUT2D eigenvalue weighted by Gasteiger charge is 2.42. The zero-order valence-corrected chi connectivity index (χ0v) is 15.0. The van der Waals surface area contributed by atoms with Gasteiger partial charge in [-0.3, -0.25) is 14.9 Å². The van der Waals surface area contributed by atoms with Crippen LogP contribution >= 0.6 is 0 Å². The maximum atomic E-state index is 13.1. The van der Waals surface area contributed by atoms with Gasteiger partial charge < -0.3 is 4.90 Å². The Hall–Kier alpha value is -2.95. The van der Waals surface area contributed by atoms with E-state index in [2.05, 4.69) is 53.3 Å². The molecule has 1 atom stereocenters. The molecule has 1 amide bonds. The quantitative estimate of drug-likeness (QED) is 0.783. The van der Waals surface area contributed by atoms with Crippen molar-refractivity contribution >= 4 is 5.91 Å². The summed E-state index contributed by atoms with van der Waals surface area (Å²) in [6, 6.07) is 16.0. The van der Waals surface area contributed by atoms with Crippen LogP contribution < -0.4 is 0 Å². The summed E-state index contributed by atoms with van der Waals surface area (Å²) in [7, 11) is 0. The predicted molar refractivity (Wildman–Crippen MR) is 101 cm³/mol. The molecule has 1 aliphatic rings. The molecule has 3 aromatic rings. The second kappa shape index (κ2) is 6.41. The molecule has 5 nitrogen and oxygen atoms in total. The van der Waals surface area contributed by atoms with E-state index in [1.54, 1.807) is 12.4 Å². The lowest BCUT2D eigenvalue weighted by Gasteiger charge is -2.30. The second-order valence-electron chi connectivity index (χ2n) is 7.44. The Morgan fingerprint density at radius 3 is 2.62 bits per heavy atom. The number of amides is 1. The van der Waals surface area contributed by atoms with Gasteiger partial charge in [-0.2, -0.15) is 5.10 Å². The lowest BCUT2D eigenvalue weighted by Crippen LogP contribution is -2.42. The number of H-pyrrole nitrogens is 1. The van der Waals surface area contributed by atoms with Crippen LogP contribution in [-0.2, 0) is 0 Å². The summed E-state index contributed by atoms with van der Waals surface area (Å²) < 4.78 is 0. The van der Waals surface area contributed by atoms with Crippen molar-refractivity contribution in [2.24, 2.45) is 0 Å². The molecule has 1 aliphatic heterocycles. The van der Waals surface area contributed by atoms with Crippen molar-refractivity contribution in [3.05, 3.63) is 72.2 Å². The third-order valence-corrected chi connectivity index (χ3v) is 5.18. The molecule has 1 fully saturated rings. The maximum absolute atomic E-state index is 13.1. The molecule has 1 N–H and O–H groups in total. The molecule has 132 valence electrons. The summed E-state index contributed by atoms with van der Waals surface area (Å²) in [5.74, 6) is 0.360. The first-order valence-corrected chi connectivity index (χ1v) is 8.87. The summed E-state index contributed by atoms with van der Waals surface area (Å²) in [5, 5.41) is 7.22. The van der Waals surface area contributed by atoms with Crippen molar-refractivity contribution in [2.75, 3.05) is 6.54 Å². The summed E-state index contributed by atoms with van der Waals surface area (Å²) in [6.45, 7) is 4.99. The van der Waals surface area contributed by atoms with Gasteiger partial charge in [0.1, 0.15) is 5.69 Å². The van der Waals surface area contributed by atoms with Crippen LogP contribution in [0.2, 0.25) is 0 Å². The molecule has 1 aromatic carbocycles. The predicted octanol–water partition coefficient (Wildman–Crippen LogP) is 3.88. The number of nitrogens with one attached hydrogen (secondary N) is 1. The van der Waals surface area contributed by atoms with Crippen molar-refractivity contribution in [3.63, 3.8) is 0 Å². The van der Waals surface area contributed by atoms with Crippen molar-refractivity contribution < 1.29 is 4.79 Å². The smallest absolute Gasteiger partial charge is 0.272 e. The van der Waals surface area contributed by atoms with Crippen LogP contribution in [0.1, 0.15) is 42.2 Å². The van der Waals surface area contributed by atoms with Crippen LogP contribution in [0.5, 0.6) is 0 Å². The number of likely N-dealkylation sites (tertiary alicyclic amines) is 1. The van der Waals surface area contributed by atoms with Gasteiger partial charge in [-0.25, -0.2) is 0 Å². The van der Waals surface area contributed by atoms with Gasteiger partial charge in [0, 0.05) is 36.0 Å². The highest BCUT2D eigenvalue weighted by Crippen LogP contribution is 2.39. The van der Waals surface area contributed by atoms with E-state index >= 15 is 0 Å². The van der Waals surface area contributed by atoms with Gasteiger partial charge in [0.2, 0.25) is 0 Å². The van der Waals surface area contributed by atoms with Gasteiger partial charge in [-0.05, 0) is 44.0 Å². The third-order valence-electron chi connectivity index (χ3n) is 5.18. The molecule has 1 unspecified atom stereocenters. The molecular weight excluding hydrogens is 324 g/mol. The average molecular weight is 346 g/mol. The second-order valence-corrected chi connectivity index (χ2v) is 7.44. The van der Waals surface area contributed by atoms with E-state index in [-0.39, 0.29) is 11.4 Å². The van der Waals surface area contributed by atoms with Crippen LogP contribution in [0.4, 0.5) is 0 Å². The van der Waals surface area contributed by atoms with Crippen molar-refractivity contribution in [2.45, 2.75) is 31.7 Å². The molecule has 0 saturated carbocycles. The van der Waals surface area contributed by atoms with Gasteiger partial charge in [-0.15, -0.1) is 0 Å². The fraction of sp³-hybridized carbons (Fsp3) is 0.286. The summed E-state index contributed by atoms with van der Waals surface area (Å²) in [5.41, 5.74) is 3.32. The number of pyridine rings is 1. The van der Waals surface area contributed by atoms with E-state index in [1.165, 1.54) is 5.56 Å². The number of aromatic nitrogens is 3. The van der Waals surface area contributed by atoms with E-state index < -0.39 is 0 Å². The van der Waals surface area contributed by atoms with E-state index in [9.17, 15) is 4.79 Å². The Morgan fingerprint density at radius 1 is 1.15 bits per heavy atom. The standard InChI is InChI=1S/C21H22N4O/c1-21(2)13-17(15-6-4-3-5-7-15)14-25(21)20(26)19-12-18(23-24-19)16-8-10-22-11-9-16/h3-12,17H,13-14H2,1-2H3,(H,23,24). The van der Waals surface area contributed by atoms with E-state index in [0.29, 0.717) is 11.6 Å². The Labute approximate surface area is 153 Å². The molecule has 1 saturated heterocycles. The monoisotopic (exact) mass is 346 g/mol. The van der Waals surface area contributed by atoms with Crippen molar-refractivity contribution in [3.8, 4) is 11.3 Å². The maximum Gasteiger partial charge on any atom is 0.272 e. The molecule has 3 heterocycles. The molecule has 0 bridgehead atoms. The van der Waals surface area contributed by atoms with Gasteiger partial charge in [0.15, 0.2) is 0 Å². The SMILES string of the molecule is CC1(C)CC(c2ccccc2)CN1C(=O)c1cc(-c2ccncc2)n[nH]1. The van der Waals surface area contributed by atoms with Crippen LogP contribution in [0, 0.1) is 0 Å². The minimum absolute atomic E-state index is 0.00115. The minimum atomic E-state index is -0.195. The molecule has 4 rings (SSSR count). The molecule has 0 radical (unpaired) electrons. The number of aromatic amines is 1. The van der Waals surface area contributed by atoms with Gasteiger partial charge in [0.25, 0.3) is 5.91 Å². The fourth-order valence-electron chi connectivity index (χ4n) is 3.80. The number of carbonyl (C=O) groups excluding carboxylic acids is 1. The third kappa shape index (κ3) is 3.01. The van der Waals surface area contributed by atoms with Crippen LogP contribution in [0.15, 0.2) is 60.9 Å². The highest BCUT2D eigenvalue weighted by molar-refractivity contribution is 5.94. The topological polar surface area (TPSA) is 61.9 Å². The molecule has 26 heavy (non-hydrogen) atoms. The molecule has 2 aromatic heterocycles. The first-order valence-electron chi connectivity index (χ1n) is 8.87. The van der Waals surface area contributed by atoms with E-state index in [0.717, 1.165) is 24.2 Å². The first kappa shape index (κ1) is 16.5. The number of carbonyl (C=O) groups is 1. The Morgan fingerprint density at radius 2 is 1.88 bits per heavy atom. The van der Waals surface area contributed by atoms with Gasteiger partial charge in [0.05, 0.1) is 5.69 Å². The summed E-state index contributed by atoms with van der Waals surface area (Å²) >= 11 is 0. The Bertz CT molecular complexity index is 902. The lowest BCUT2D eigenvalue weighted by molar-refractivity contribution is 0.0645. The Balaban J connectivity index is 1.57. The molecule has 0 spiro atoms. The largest absolute Gasteiger partial charge is 0.332 e. The van der Waals surface area contributed by atoms with Crippen LogP contribution in [0.3, 0.4) is 0 Å². The zero-order valence-electron chi connectivity index (χ0n) is 15.0. The Kier molecular flexibility index (Phi) is 4.07. The first-order chi connectivity index (χ1) is 12.5. The highest BCUT2D eigenvalue weighted by atomic mass is 16.2. The van der Waals surface area contributed by atoms with Crippen LogP contribution in [-0.4, -0.2) is 38.1 Å². The number of rotatable bonds is 3. The number of hydrogen-bond donors (Lipinski definition) is 1. The molecule has 0 aliphatic carbocycles. The lowest BCUT2D eigenvalue weighted by atomic mass is 9.91. The normalized spacial score (nSPS) is 18.8. The molecular formula is C21H22N4O.